The Hall–Kier alpha value is -2.59. The molecule has 0 fully saturated rings. The molecule has 0 aliphatic rings. The summed E-state index contributed by atoms with van der Waals surface area (Å²) in [6.45, 7) is 2.19. The van der Waals surface area contributed by atoms with Gasteiger partial charge in [0, 0.05) is 12.7 Å². The van der Waals surface area contributed by atoms with Gasteiger partial charge in [-0.15, -0.1) is 0 Å². The molecule has 0 aromatic heterocycles. The number of nitrogens with two attached hydrogens (primary N) is 1. The molecule has 4 nitrogen and oxygen atoms in total. The molecule has 0 saturated heterocycles. The summed E-state index contributed by atoms with van der Waals surface area (Å²) in [6, 6.07) is 16.8. The van der Waals surface area contributed by atoms with Crippen molar-refractivity contribution >= 4 is 24.2 Å². The van der Waals surface area contributed by atoms with Crippen LogP contribution in [0, 0.1) is 0 Å². The molecule has 2 aromatic rings. The largest absolute Gasteiger partial charge is 0.388 e. The van der Waals surface area contributed by atoms with Crippen LogP contribution in [-0.4, -0.2) is 13.5 Å². The number of hydrogen-bond donors (Lipinski definition) is 3. The molecular weight excluding hydrogens is 274 g/mol. The molecule has 2 aromatic carbocycles. The van der Waals surface area contributed by atoms with Crippen LogP contribution in [0.15, 0.2) is 48.5 Å². The van der Waals surface area contributed by atoms with Gasteiger partial charge < -0.3 is 5.32 Å². The molecule has 0 aliphatic carbocycles. The molecule has 0 spiro atoms. The maximum Gasteiger partial charge on any atom is 0.221 e. The van der Waals surface area contributed by atoms with Gasteiger partial charge in [0.2, 0.25) is 6.41 Å². The molecule has 0 atom stereocenters. The minimum absolute atomic E-state index is 0.403. The molecule has 116 valence electrons. The number of hydrogen-bond acceptors (Lipinski definition) is 3. The van der Waals surface area contributed by atoms with Crippen LogP contribution in [0.5, 0.6) is 0 Å². The van der Waals surface area contributed by atoms with E-state index >= 15 is 0 Å². The number of amides is 1. The lowest BCUT2D eigenvalue weighted by Gasteiger charge is -2.05. The molecule has 0 saturated carbocycles. The molecule has 0 radical (unpaired) electrons. The molecule has 0 heterocycles. The number of carbonyl (C=O) groups excluding carboxylic acids is 1. The van der Waals surface area contributed by atoms with E-state index in [1.165, 1.54) is 16.7 Å². The number of hydrazine groups is 1. The van der Waals surface area contributed by atoms with E-state index in [1.807, 2.05) is 13.1 Å². The van der Waals surface area contributed by atoms with E-state index < -0.39 is 0 Å². The highest BCUT2D eigenvalue weighted by atomic mass is 16.1. The Balaban J connectivity index is 0.000000541. The van der Waals surface area contributed by atoms with Crippen molar-refractivity contribution in [3.8, 4) is 0 Å². The summed E-state index contributed by atoms with van der Waals surface area (Å²) in [4.78, 5) is 8.94. The van der Waals surface area contributed by atoms with E-state index in [1.54, 1.807) is 5.43 Å². The van der Waals surface area contributed by atoms with Crippen LogP contribution in [0.2, 0.25) is 0 Å². The van der Waals surface area contributed by atoms with E-state index in [2.05, 4.69) is 72.7 Å². The predicted octanol–water partition coefficient (Wildman–Crippen LogP) is 3.07. The third kappa shape index (κ3) is 5.42. The minimum atomic E-state index is 0.403. The topological polar surface area (TPSA) is 67.2 Å². The second-order valence-electron chi connectivity index (χ2n) is 4.51. The van der Waals surface area contributed by atoms with Gasteiger partial charge in [-0.3, -0.25) is 10.2 Å². The zero-order valence-corrected chi connectivity index (χ0v) is 13.0. The summed E-state index contributed by atoms with van der Waals surface area (Å²) >= 11 is 0. The van der Waals surface area contributed by atoms with E-state index in [0.29, 0.717) is 6.41 Å². The van der Waals surface area contributed by atoms with Gasteiger partial charge in [-0.25, -0.2) is 5.84 Å². The molecule has 0 bridgehead atoms. The van der Waals surface area contributed by atoms with Crippen LogP contribution in [0.4, 0.5) is 5.69 Å². The normalized spacial score (nSPS) is 9.77. The SMILES string of the molecule is CCc1ccccc1/C=C/c1ccccc1NC.NNC=O. The summed E-state index contributed by atoms with van der Waals surface area (Å²) in [6.07, 6.45) is 5.82. The van der Waals surface area contributed by atoms with Crippen molar-refractivity contribution in [2.75, 3.05) is 12.4 Å². The highest BCUT2D eigenvalue weighted by Gasteiger charge is 1.97. The van der Waals surface area contributed by atoms with Gasteiger partial charge in [-0.05, 0) is 29.2 Å². The Bertz CT molecular complexity index is 559. The van der Waals surface area contributed by atoms with E-state index in [4.69, 9.17) is 4.79 Å². The van der Waals surface area contributed by atoms with Crippen molar-refractivity contribution in [3.63, 3.8) is 0 Å². The van der Waals surface area contributed by atoms with Crippen LogP contribution < -0.4 is 16.6 Å². The van der Waals surface area contributed by atoms with Crippen molar-refractivity contribution in [1.82, 2.24) is 5.43 Å². The minimum Gasteiger partial charge on any atom is -0.388 e. The summed E-state index contributed by atoms with van der Waals surface area (Å²) < 4.78 is 0. The number of para-hydroxylation sites is 1. The standard InChI is InChI=1S/C17H19N.CH4N2O/c1-3-14-8-4-5-9-15(14)12-13-16-10-6-7-11-17(16)18-2;2-3-1-4/h4-13,18H,3H2,1-2H3;1H,2H2,(H,3,4)/b13-12+;. The smallest absolute Gasteiger partial charge is 0.221 e. The first kappa shape index (κ1) is 17.5. The van der Waals surface area contributed by atoms with Crippen molar-refractivity contribution in [3.05, 3.63) is 65.2 Å². The molecule has 4 heteroatoms. The molecule has 22 heavy (non-hydrogen) atoms. The highest BCUT2D eigenvalue weighted by Crippen LogP contribution is 2.19. The Morgan fingerprint density at radius 3 is 2.14 bits per heavy atom. The fourth-order valence-corrected chi connectivity index (χ4v) is 2.07. The first-order valence-electron chi connectivity index (χ1n) is 7.19. The average molecular weight is 297 g/mol. The Kier molecular flexibility index (Phi) is 8.08. The van der Waals surface area contributed by atoms with Crippen LogP contribution in [0.1, 0.15) is 23.6 Å². The van der Waals surface area contributed by atoms with Crippen molar-refractivity contribution in [2.24, 2.45) is 5.84 Å². The number of nitrogens with one attached hydrogen (secondary N) is 2. The number of benzene rings is 2. The first-order chi connectivity index (χ1) is 10.8. The molecular formula is C18H23N3O. The predicted molar refractivity (Wildman–Crippen MR) is 94.1 cm³/mol. The zero-order chi connectivity index (χ0) is 16.2. The van der Waals surface area contributed by atoms with Crippen molar-refractivity contribution in [1.29, 1.82) is 0 Å². The number of rotatable bonds is 5. The van der Waals surface area contributed by atoms with Crippen molar-refractivity contribution < 1.29 is 4.79 Å². The van der Waals surface area contributed by atoms with Gasteiger partial charge in [0.05, 0.1) is 0 Å². The summed E-state index contributed by atoms with van der Waals surface area (Å²) in [7, 11) is 1.95. The van der Waals surface area contributed by atoms with Gasteiger partial charge in [0.1, 0.15) is 0 Å². The van der Waals surface area contributed by atoms with Gasteiger partial charge in [-0.1, -0.05) is 61.5 Å². The summed E-state index contributed by atoms with van der Waals surface area (Å²) in [5.74, 6) is 4.41. The Morgan fingerprint density at radius 2 is 1.55 bits per heavy atom. The quantitative estimate of drug-likeness (QED) is 0.261. The van der Waals surface area contributed by atoms with Gasteiger partial charge >= 0.3 is 0 Å². The number of carbonyl (C=O) groups is 1. The highest BCUT2D eigenvalue weighted by molar-refractivity contribution is 5.77. The molecule has 0 aliphatic heterocycles. The lowest BCUT2D eigenvalue weighted by molar-refractivity contribution is -0.109. The second kappa shape index (κ2) is 10.2. The fraction of sp³-hybridized carbons (Fsp3) is 0.167. The van der Waals surface area contributed by atoms with E-state index in [9.17, 15) is 0 Å². The van der Waals surface area contributed by atoms with Crippen LogP contribution in [0.3, 0.4) is 0 Å². The van der Waals surface area contributed by atoms with Gasteiger partial charge in [0.25, 0.3) is 0 Å². The first-order valence-corrected chi connectivity index (χ1v) is 7.19. The lowest BCUT2D eigenvalue weighted by Crippen LogP contribution is -2.18. The second-order valence-corrected chi connectivity index (χ2v) is 4.51. The van der Waals surface area contributed by atoms with Crippen LogP contribution in [0.25, 0.3) is 12.2 Å². The lowest BCUT2D eigenvalue weighted by atomic mass is 10.0. The Morgan fingerprint density at radius 1 is 1.00 bits per heavy atom. The third-order valence-corrected chi connectivity index (χ3v) is 3.18. The van der Waals surface area contributed by atoms with Crippen molar-refractivity contribution in [2.45, 2.75) is 13.3 Å². The average Bonchev–Trinajstić information content (AvgIpc) is 2.60. The fourth-order valence-electron chi connectivity index (χ4n) is 2.07. The van der Waals surface area contributed by atoms with Gasteiger partial charge in [0.15, 0.2) is 0 Å². The monoisotopic (exact) mass is 297 g/mol. The van der Waals surface area contributed by atoms with Crippen LogP contribution in [-0.2, 0) is 11.2 Å². The molecule has 4 N–H and O–H groups in total. The maximum atomic E-state index is 8.94. The number of anilines is 1. The number of aryl methyl sites for hydroxylation is 1. The van der Waals surface area contributed by atoms with E-state index in [0.717, 1.165) is 12.1 Å². The maximum absolute atomic E-state index is 8.94. The van der Waals surface area contributed by atoms with Gasteiger partial charge in [-0.2, -0.15) is 0 Å². The summed E-state index contributed by atoms with van der Waals surface area (Å²) in [5, 5.41) is 3.21. The molecule has 2 rings (SSSR count). The van der Waals surface area contributed by atoms with E-state index in [-0.39, 0.29) is 0 Å². The molecule has 1 amide bonds. The third-order valence-electron chi connectivity index (χ3n) is 3.18. The Labute approximate surface area is 132 Å². The van der Waals surface area contributed by atoms with Crippen LogP contribution >= 0.6 is 0 Å². The molecule has 0 unspecified atom stereocenters. The zero-order valence-electron chi connectivity index (χ0n) is 13.0. The summed E-state index contributed by atoms with van der Waals surface area (Å²) in [5.41, 5.74) is 6.80.